The largest absolute Gasteiger partial charge is 0.468 e. The molecule has 0 N–H and O–H groups in total. The highest BCUT2D eigenvalue weighted by Crippen LogP contribution is 2.52. The normalized spacial score (nSPS) is 13.7. The third-order valence-corrected chi connectivity index (χ3v) is 15.1. The van der Waals surface area contributed by atoms with Crippen LogP contribution in [0, 0.1) is 20.8 Å². The first-order valence-electron chi connectivity index (χ1n) is 25.0. The van der Waals surface area contributed by atoms with Gasteiger partial charge in [-0.15, -0.1) is 0 Å². The molecule has 0 radical (unpaired) electrons. The van der Waals surface area contributed by atoms with Crippen molar-refractivity contribution in [3.05, 3.63) is 173 Å². The molecule has 0 unspecified atom stereocenters. The van der Waals surface area contributed by atoms with Crippen LogP contribution in [0.25, 0.3) is 44.2 Å². The van der Waals surface area contributed by atoms with Crippen molar-refractivity contribution in [2.24, 2.45) is 0 Å². The van der Waals surface area contributed by atoms with Gasteiger partial charge >= 0.3 is 0 Å². The third kappa shape index (κ3) is 7.17. The summed E-state index contributed by atoms with van der Waals surface area (Å²) in [7, 11) is 0. The Morgan fingerprint density at radius 3 is 1.74 bits per heavy atom. The molecular weight excluding hydrogens is 840 g/mol. The van der Waals surface area contributed by atoms with Gasteiger partial charge in [-0.2, -0.15) is 0 Å². The van der Waals surface area contributed by atoms with Crippen LogP contribution >= 0.6 is 0 Å². The Balaban J connectivity index is 1.31. The Morgan fingerprint density at radius 1 is 0.478 bits per heavy atom. The molecule has 0 fully saturated rings. The minimum Gasteiger partial charge on any atom is -0.468 e. The summed E-state index contributed by atoms with van der Waals surface area (Å²) in [4.78, 5) is 5.22. The Labute approximate surface area is 410 Å². The van der Waals surface area contributed by atoms with Crippen LogP contribution in [0.15, 0.2) is 142 Å². The van der Waals surface area contributed by atoms with Crippen molar-refractivity contribution in [2.45, 2.75) is 119 Å². The molecule has 7 aromatic carbocycles. The van der Waals surface area contributed by atoms with Crippen LogP contribution in [-0.4, -0.2) is 6.71 Å². The van der Waals surface area contributed by atoms with Gasteiger partial charge in [0.2, 0.25) is 0 Å². The fraction of sp³-hybridized carbons (Fsp3) is 0.281. The molecule has 2 aromatic heterocycles. The van der Waals surface area contributed by atoms with Gasteiger partial charge in [-0.25, -0.2) is 0 Å². The van der Waals surface area contributed by atoms with Crippen molar-refractivity contribution in [3.63, 3.8) is 0 Å². The molecular formula is C64H65BN2O2. The average molecular weight is 905 g/mol. The van der Waals surface area contributed by atoms with Gasteiger partial charge in [0.25, 0.3) is 6.71 Å². The lowest BCUT2D eigenvalue weighted by molar-refractivity contribution is 0.589. The van der Waals surface area contributed by atoms with Crippen molar-refractivity contribution < 1.29 is 8.83 Å². The van der Waals surface area contributed by atoms with E-state index in [1.165, 1.54) is 83.7 Å². The number of anilines is 6. The number of fused-ring (bicyclic) bond motifs is 7. The smallest absolute Gasteiger partial charge is 0.297 e. The van der Waals surface area contributed by atoms with Gasteiger partial charge in [0.05, 0.1) is 29.0 Å². The molecule has 69 heavy (non-hydrogen) atoms. The predicted octanol–water partition coefficient (Wildman–Crippen LogP) is 16.5. The van der Waals surface area contributed by atoms with Gasteiger partial charge in [0.15, 0.2) is 0 Å². The molecule has 0 aliphatic carbocycles. The van der Waals surface area contributed by atoms with E-state index in [2.05, 4.69) is 228 Å². The average Bonchev–Trinajstić information content (AvgIpc) is 3.90. The van der Waals surface area contributed by atoms with Crippen molar-refractivity contribution in [1.29, 1.82) is 0 Å². The molecule has 0 amide bonds. The summed E-state index contributed by atoms with van der Waals surface area (Å²) < 4.78 is 13.7. The van der Waals surface area contributed by atoms with Crippen LogP contribution in [0.5, 0.6) is 0 Å². The fourth-order valence-electron chi connectivity index (χ4n) is 11.2. The summed E-state index contributed by atoms with van der Waals surface area (Å²) >= 11 is 0. The zero-order valence-corrected chi connectivity index (χ0v) is 43.1. The summed E-state index contributed by atoms with van der Waals surface area (Å²) in [6.07, 6.45) is 1.93. The molecule has 0 atom stereocenters. The number of hydrogen-bond donors (Lipinski definition) is 0. The molecule has 0 bridgehead atoms. The molecule has 4 heterocycles. The van der Waals surface area contributed by atoms with Crippen molar-refractivity contribution in [1.82, 2.24) is 0 Å². The van der Waals surface area contributed by atoms with E-state index in [9.17, 15) is 0 Å². The summed E-state index contributed by atoms with van der Waals surface area (Å²) in [5.74, 6) is 0.255. The maximum absolute atomic E-state index is 7.48. The monoisotopic (exact) mass is 905 g/mol. The summed E-state index contributed by atoms with van der Waals surface area (Å²) in [5, 5.41) is 2.24. The Kier molecular flexibility index (Phi) is 10.2. The molecule has 11 rings (SSSR count). The van der Waals surface area contributed by atoms with Crippen LogP contribution in [-0.2, 0) is 16.2 Å². The van der Waals surface area contributed by atoms with Gasteiger partial charge < -0.3 is 18.6 Å². The molecule has 0 spiro atoms. The molecule has 346 valence electrons. The number of furan rings is 2. The van der Waals surface area contributed by atoms with E-state index in [0.29, 0.717) is 0 Å². The van der Waals surface area contributed by atoms with Crippen molar-refractivity contribution >= 4 is 79.4 Å². The van der Waals surface area contributed by atoms with E-state index >= 15 is 0 Å². The zero-order chi connectivity index (χ0) is 48.6. The lowest BCUT2D eigenvalue weighted by atomic mass is 9.35. The van der Waals surface area contributed by atoms with Gasteiger partial charge in [-0.05, 0) is 146 Å². The fourth-order valence-corrected chi connectivity index (χ4v) is 11.2. The molecule has 2 aliphatic heterocycles. The van der Waals surface area contributed by atoms with E-state index in [1.54, 1.807) is 0 Å². The first-order valence-corrected chi connectivity index (χ1v) is 25.0. The minimum absolute atomic E-state index is 0.00797. The van der Waals surface area contributed by atoms with E-state index in [0.717, 1.165) is 50.1 Å². The number of hydrogen-bond acceptors (Lipinski definition) is 4. The molecule has 0 saturated heterocycles. The first-order chi connectivity index (χ1) is 32.7. The summed E-state index contributed by atoms with van der Waals surface area (Å²) in [6, 6.07) is 48.1. The highest BCUT2D eigenvalue weighted by atomic mass is 16.3. The number of nitrogens with zero attached hydrogens (tertiary/aromatic N) is 2. The molecule has 9 aromatic rings. The summed E-state index contributed by atoms with van der Waals surface area (Å²) in [6.45, 7) is 32.2. The van der Waals surface area contributed by atoms with Crippen LogP contribution in [0.3, 0.4) is 0 Å². The minimum atomic E-state index is -0.221. The number of rotatable bonds is 5. The van der Waals surface area contributed by atoms with Crippen LogP contribution in [0.4, 0.5) is 34.1 Å². The van der Waals surface area contributed by atoms with E-state index in [-0.39, 0.29) is 28.9 Å². The number of benzene rings is 7. The van der Waals surface area contributed by atoms with Gasteiger partial charge in [0, 0.05) is 39.0 Å². The second-order valence-corrected chi connectivity index (χ2v) is 23.4. The maximum Gasteiger partial charge on any atom is 0.297 e. The van der Waals surface area contributed by atoms with Crippen LogP contribution < -0.4 is 26.4 Å². The second kappa shape index (κ2) is 15.7. The van der Waals surface area contributed by atoms with E-state index in [1.807, 2.05) is 12.3 Å². The third-order valence-electron chi connectivity index (χ3n) is 15.1. The van der Waals surface area contributed by atoms with Crippen molar-refractivity contribution in [2.75, 3.05) is 9.80 Å². The van der Waals surface area contributed by atoms with Gasteiger partial charge in [-0.3, -0.25) is 0 Å². The zero-order valence-electron chi connectivity index (χ0n) is 43.1. The quantitative estimate of drug-likeness (QED) is 0.161. The molecule has 4 nitrogen and oxygen atoms in total. The Hall–Kier alpha value is -6.72. The SMILES string of the molecule is Cc1cc(C(C)(C)C)cc(C)c1N1c2cc(C(C)C)cc3c2B(c2cc(-c4coc5ccccc45)ccc2N3c2c(C)cc(C(C)(C)C)cc2-c2ccccc2)c2oc3ccc(C(C)(C)C)cc3c21. The van der Waals surface area contributed by atoms with Crippen molar-refractivity contribution in [3.8, 4) is 22.3 Å². The molecule has 5 heteroatoms. The van der Waals surface area contributed by atoms with Gasteiger partial charge in [-0.1, -0.05) is 161 Å². The number of aryl methyl sites for hydroxylation is 3. The highest BCUT2D eigenvalue weighted by Gasteiger charge is 2.48. The lowest BCUT2D eigenvalue weighted by Gasteiger charge is -2.44. The van der Waals surface area contributed by atoms with Crippen LogP contribution in [0.1, 0.15) is 121 Å². The maximum atomic E-state index is 7.48. The highest BCUT2D eigenvalue weighted by molar-refractivity contribution is 7.00. The topological polar surface area (TPSA) is 32.8 Å². The Morgan fingerprint density at radius 2 is 1.09 bits per heavy atom. The standard InChI is InChI=1S/C64H65BN2O2/c1-37(2)43-32-53-57-54(33-43)67(58-38(3)28-45(29-39(58)4)63(9,10)11)60-49-34-44(62(6,7)8)25-27-56(49)69-61(60)65(57)51-31-42(50-36-68-55-23-19-18-22-47(50)55)24-26-52(51)66(53)59-40(5)30-46(64(12,13)14)35-48(59)41-20-16-15-17-21-41/h15-37H,1-14H3. The Bertz CT molecular complexity index is 3510. The number of para-hydroxylation sites is 1. The molecule has 0 saturated carbocycles. The van der Waals surface area contributed by atoms with E-state index < -0.39 is 0 Å². The molecule has 2 aliphatic rings. The first kappa shape index (κ1) is 44.8. The predicted molar refractivity (Wildman–Crippen MR) is 295 cm³/mol. The van der Waals surface area contributed by atoms with E-state index in [4.69, 9.17) is 8.83 Å². The summed E-state index contributed by atoms with van der Waals surface area (Å²) in [5.41, 5.74) is 25.7. The lowest BCUT2D eigenvalue weighted by Crippen LogP contribution is -2.61. The van der Waals surface area contributed by atoms with Crippen LogP contribution in [0.2, 0.25) is 0 Å². The van der Waals surface area contributed by atoms with Gasteiger partial charge in [0.1, 0.15) is 11.2 Å². The second-order valence-electron chi connectivity index (χ2n) is 23.4.